The third-order valence-corrected chi connectivity index (χ3v) is 3.45. The number of carbonyl (C=O) groups excluding carboxylic acids is 3. The fraction of sp³-hybridized carbons (Fsp3) is 0.333. The van der Waals surface area contributed by atoms with Crippen LogP contribution in [0.3, 0.4) is 0 Å². The zero-order chi connectivity index (χ0) is 20.0. The molecular weight excluding hydrogens is 356 g/mol. The zero-order valence-corrected chi connectivity index (χ0v) is 15.2. The van der Waals surface area contributed by atoms with E-state index in [9.17, 15) is 19.5 Å². The van der Waals surface area contributed by atoms with E-state index in [-0.39, 0.29) is 36.8 Å². The van der Waals surface area contributed by atoms with E-state index in [0.29, 0.717) is 17.2 Å². The highest BCUT2D eigenvalue weighted by atomic mass is 16.5. The van der Waals surface area contributed by atoms with Crippen molar-refractivity contribution in [2.75, 3.05) is 13.2 Å². The van der Waals surface area contributed by atoms with Gasteiger partial charge in [-0.15, -0.1) is 0 Å². The van der Waals surface area contributed by atoms with Crippen molar-refractivity contribution in [3.63, 3.8) is 0 Å². The first-order valence-corrected chi connectivity index (χ1v) is 8.29. The van der Waals surface area contributed by atoms with Gasteiger partial charge in [0.15, 0.2) is 5.76 Å². The number of nitrogens with zero attached hydrogens (tertiary/aromatic N) is 1. The number of ether oxygens (including phenoxy) is 2. The summed E-state index contributed by atoms with van der Waals surface area (Å²) in [6.45, 7) is 5.12. The van der Waals surface area contributed by atoms with Crippen molar-refractivity contribution in [1.82, 2.24) is 5.32 Å². The van der Waals surface area contributed by atoms with Crippen molar-refractivity contribution in [2.24, 2.45) is 4.99 Å². The number of amides is 1. The second-order valence-electron chi connectivity index (χ2n) is 5.38. The smallest absolute Gasteiger partial charge is 0.396 e. The topological polar surface area (TPSA) is 127 Å². The van der Waals surface area contributed by atoms with Gasteiger partial charge in [-0.2, -0.15) is 0 Å². The average Bonchev–Trinajstić information content (AvgIpc) is 3.17. The Balaban J connectivity index is 2.08. The van der Waals surface area contributed by atoms with Crippen LogP contribution in [0.1, 0.15) is 32.3 Å². The predicted octanol–water partition coefficient (Wildman–Crippen LogP) is 1.65. The van der Waals surface area contributed by atoms with Crippen LogP contribution in [0.15, 0.2) is 38.6 Å². The quantitative estimate of drug-likeness (QED) is 0.571. The van der Waals surface area contributed by atoms with Gasteiger partial charge < -0.3 is 24.3 Å². The van der Waals surface area contributed by atoms with E-state index >= 15 is 0 Å². The molecule has 2 N–H and O–H groups in total. The molecule has 144 valence electrons. The fourth-order valence-electron chi connectivity index (χ4n) is 2.28. The number of esters is 2. The molecule has 0 fully saturated rings. The summed E-state index contributed by atoms with van der Waals surface area (Å²) in [4.78, 5) is 38.7. The Labute approximate surface area is 155 Å². The Hall–Kier alpha value is -3.36. The van der Waals surface area contributed by atoms with E-state index in [1.54, 1.807) is 32.9 Å². The molecule has 9 heteroatoms. The molecule has 2 heterocycles. The Morgan fingerprint density at radius 2 is 1.93 bits per heavy atom. The van der Waals surface area contributed by atoms with Gasteiger partial charge in [-0.3, -0.25) is 4.79 Å². The molecule has 0 saturated heterocycles. The number of aliphatic hydroxyl groups is 1. The summed E-state index contributed by atoms with van der Waals surface area (Å²) in [7, 11) is 0. The third-order valence-electron chi connectivity index (χ3n) is 3.45. The van der Waals surface area contributed by atoms with E-state index in [1.165, 1.54) is 6.08 Å². The van der Waals surface area contributed by atoms with Gasteiger partial charge in [0.1, 0.15) is 22.8 Å². The van der Waals surface area contributed by atoms with Crippen molar-refractivity contribution in [2.45, 2.75) is 27.3 Å². The van der Waals surface area contributed by atoms with Crippen molar-refractivity contribution < 1.29 is 33.4 Å². The van der Waals surface area contributed by atoms with Gasteiger partial charge in [0.25, 0.3) is 0 Å². The molecule has 1 aliphatic heterocycles. The number of furan rings is 1. The maximum atomic E-state index is 11.9. The van der Waals surface area contributed by atoms with Crippen molar-refractivity contribution >= 4 is 29.6 Å². The summed E-state index contributed by atoms with van der Waals surface area (Å²) in [6.07, 6.45) is 1.45. The lowest BCUT2D eigenvalue weighted by molar-refractivity contribution is -0.154. The van der Waals surface area contributed by atoms with Crippen molar-refractivity contribution in [3.05, 3.63) is 40.7 Å². The van der Waals surface area contributed by atoms with Gasteiger partial charge in [0.05, 0.1) is 25.5 Å². The minimum Gasteiger partial charge on any atom is -0.505 e. The van der Waals surface area contributed by atoms with Crippen LogP contribution in [0.4, 0.5) is 0 Å². The normalized spacial score (nSPS) is 14.9. The molecular formula is C18H20N2O7. The molecule has 0 bridgehead atoms. The lowest BCUT2D eigenvalue weighted by Crippen LogP contribution is -2.31. The molecule has 2 rings (SSSR count). The zero-order valence-electron chi connectivity index (χ0n) is 15.2. The van der Waals surface area contributed by atoms with Crippen LogP contribution in [0.2, 0.25) is 0 Å². The fourth-order valence-corrected chi connectivity index (χ4v) is 2.28. The van der Waals surface area contributed by atoms with Gasteiger partial charge >= 0.3 is 17.8 Å². The maximum Gasteiger partial charge on any atom is 0.396 e. The van der Waals surface area contributed by atoms with Crippen LogP contribution < -0.4 is 5.32 Å². The van der Waals surface area contributed by atoms with Crippen molar-refractivity contribution in [3.8, 4) is 0 Å². The van der Waals surface area contributed by atoms with E-state index in [0.717, 1.165) is 0 Å². The molecule has 0 radical (unpaired) electrons. The highest BCUT2D eigenvalue weighted by Gasteiger charge is 2.27. The van der Waals surface area contributed by atoms with Crippen LogP contribution in [0.5, 0.6) is 0 Å². The van der Waals surface area contributed by atoms with Gasteiger partial charge in [-0.25, -0.2) is 14.6 Å². The second-order valence-corrected chi connectivity index (χ2v) is 5.38. The molecule has 27 heavy (non-hydrogen) atoms. The highest BCUT2D eigenvalue weighted by Crippen LogP contribution is 2.26. The van der Waals surface area contributed by atoms with Crippen LogP contribution in [-0.4, -0.2) is 41.9 Å². The first-order chi connectivity index (χ1) is 12.9. The molecule has 0 atom stereocenters. The van der Waals surface area contributed by atoms with E-state index < -0.39 is 17.8 Å². The highest BCUT2D eigenvalue weighted by molar-refractivity contribution is 6.32. The monoisotopic (exact) mass is 376 g/mol. The molecule has 0 saturated carbocycles. The van der Waals surface area contributed by atoms with Crippen LogP contribution in [0, 0.1) is 0 Å². The van der Waals surface area contributed by atoms with Gasteiger partial charge in [0.2, 0.25) is 0 Å². The number of aliphatic hydroxyl groups excluding tert-OH is 1. The molecule has 9 nitrogen and oxygen atoms in total. The van der Waals surface area contributed by atoms with Crippen LogP contribution in [-0.2, 0) is 30.4 Å². The number of hydrogen-bond acceptors (Lipinski definition) is 8. The Bertz CT molecular complexity index is 846. The Kier molecular flexibility index (Phi) is 6.53. The summed E-state index contributed by atoms with van der Waals surface area (Å²) in [5.41, 5.74) is 0.509. The molecule has 0 aromatic carbocycles. The minimum atomic E-state index is -0.969. The van der Waals surface area contributed by atoms with Crippen molar-refractivity contribution in [1.29, 1.82) is 0 Å². The average molecular weight is 376 g/mol. The largest absolute Gasteiger partial charge is 0.505 e. The number of nitrogens with one attached hydrogen (secondary N) is 1. The maximum absolute atomic E-state index is 11.9. The number of carbonyl (C=O) groups is 3. The number of aliphatic imine (C=N–C) groups is 1. The molecule has 0 unspecified atom stereocenters. The SMILES string of the molecule is CCOC(=O)C(=O)NCc1ccc(/C=C2\N=C(C)C(C(=O)OCC)=C2O)o1. The number of hydrogen-bond donors (Lipinski definition) is 2. The van der Waals surface area contributed by atoms with E-state index in [1.807, 2.05) is 0 Å². The first kappa shape index (κ1) is 20.0. The third kappa shape index (κ3) is 4.84. The van der Waals surface area contributed by atoms with Gasteiger partial charge in [-0.1, -0.05) is 0 Å². The predicted molar refractivity (Wildman–Crippen MR) is 94.6 cm³/mol. The van der Waals surface area contributed by atoms with Gasteiger partial charge in [-0.05, 0) is 32.9 Å². The molecule has 0 spiro atoms. The van der Waals surface area contributed by atoms with Crippen LogP contribution in [0.25, 0.3) is 6.08 Å². The summed E-state index contributed by atoms with van der Waals surface area (Å²) >= 11 is 0. The summed E-state index contributed by atoms with van der Waals surface area (Å²) in [6, 6.07) is 3.19. The molecule has 1 aromatic heterocycles. The minimum absolute atomic E-state index is 0.0107. The summed E-state index contributed by atoms with van der Waals surface area (Å²) in [5, 5.41) is 12.6. The lowest BCUT2D eigenvalue weighted by atomic mass is 10.1. The molecule has 1 amide bonds. The summed E-state index contributed by atoms with van der Waals surface area (Å²) in [5.74, 6) is -2.06. The standard InChI is InChI=1S/C18H20N2O7/c1-4-25-17(23)14-10(3)20-13(15(14)21)8-11-6-7-12(27-11)9-19-16(22)18(24)26-5-2/h6-8,21H,4-5,9H2,1-3H3,(H,19,22)/b13-8-. The van der Waals surface area contributed by atoms with Gasteiger partial charge in [0, 0.05) is 6.08 Å². The molecule has 0 aliphatic carbocycles. The number of rotatable bonds is 6. The summed E-state index contributed by atoms with van der Waals surface area (Å²) < 4.78 is 15.0. The molecule has 1 aliphatic rings. The van der Waals surface area contributed by atoms with E-state index in [4.69, 9.17) is 9.15 Å². The Morgan fingerprint density at radius 1 is 1.22 bits per heavy atom. The van der Waals surface area contributed by atoms with E-state index in [2.05, 4.69) is 15.0 Å². The van der Waals surface area contributed by atoms with Crippen LogP contribution >= 0.6 is 0 Å². The lowest BCUT2D eigenvalue weighted by Gasteiger charge is -2.02. The Morgan fingerprint density at radius 3 is 2.59 bits per heavy atom. The first-order valence-electron chi connectivity index (χ1n) is 8.29. The molecule has 1 aromatic rings. The second kappa shape index (κ2) is 8.84.